The Kier molecular flexibility index (Phi) is 11.5. The second-order valence-electron chi connectivity index (χ2n) is 8.77. The SMILES string of the molecule is COc1cc(CNC(=O)CNC(=O)[C@H](NC(=O)OC(C)(C)C)c2ccc(OC)c(I)c2)c(I)c(OC)c1. The summed E-state index contributed by atoms with van der Waals surface area (Å²) in [5.41, 5.74) is 0.556. The predicted molar refractivity (Wildman–Crippen MR) is 155 cm³/mol. The molecule has 0 aliphatic carbocycles. The number of methoxy groups -OCH3 is 3. The van der Waals surface area contributed by atoms with E-state index in [4.69, 9.17) is 18.9 Å². The number of benzene rings is 2. The molecule has 202 valence electrons. The van der Waals surface area contributed by atoms with E-state index in [1.807, 2.05) is 0 Å². The van der Waals surface area contributed by atoms with Crippen LogP contribution in [0, 0.1) is 7.14 Å². The molecule has 10 nitrogen and oxygen atoms in total. The zero-order valence-electron chi connectivity index (χ0n) is 21.5. The van der Waals surface area contributed by atoms with Crippen molar-refractivity contribution < 1.29 is 33.3 Å². The van der Waals surface area contributed by atoms with Gasteiger partial charge in [0.05, 0.1) is 35.0 Å². The number of carbonyl (C=O) groups excluding carboxylic acids is 3. The maximum atomic E-state index is 13.1. The lowest BCUT2D eigenvalue weighted by atomic mass is 10.1. The molecule has 0 saturated heterocycles. The predicted octanol–water partition coefficient (Wildman–Crippen LogP) is 3.92. The number of amides is 3. The van der Waals surface area contributed by atoms with Gasteiger partial charge < -0.3 is 34.9 Å². The molecule has 12 heteroatoms. The molecule has 0 aliphatic heterocycles. The largest absolute Gasteiger partial charge is 0.497 e. The van der Waals surface area contributed by atoms with Crippen molar-refractivity contribution in [3.8, 4) is 17.2 Å². The van der Waals surface area contributed by atoms with E-state index in [0.29, 0.717) is 22.8 Å². The third kappa shape index (κ3) is 9.39. The van der Waals surface area contributed by atoms with Gasteiger partial charge in [0.1, 0.15) is 28.9 Å². The van der Waals surface area contributed by atoms with Gasteiger partial charge in [-0.2, -0.15) is 0 Å². The van der Waals surface area contributed by atoms with E-state index in [0.717, 1.165) is 12.7 Å². The molecule has 0 saturated carbocycles. The van der Waals surface area contributed by atoms with Gasteiger partial charge in [0.25, 0.3) is 0 Å². The van der Waals surface area contributed by atoms with Crippen molar-refractivity contribution in [2.24, 2.45) is 0 Å². The molecule has 2 aromatic carbocycles. The fourth-order valence-electron chi connectivity index (χ4n) is 3.14. The highest BCUT2D eigenvalue weighted by atomic mass is 127. The van der Waals surface area contributed by atoms with Gasteiger partial charge in [0.2, 0.25) is 11.8 Å². The maximum absolute atomic E-state index is 13.1. The quantitative estimate of drug-likeness (QED) is 0.316. The standard InChI is InChI=1S/C25H31I2N3O7/c1-25(2,3)37-24(33)30-22(14-7-8-18(35-5)17(26)10-14)23(32)29-13-20(31)28-12-15-9-16(34-4)11-19(36-6)21(15)27/h7-11,22H,12-13H2,1-6H3,(H,28,31)(H,29,32)(H,30,33)/t22-/m1/s1. The van der Waals surface area contributed by atoms with Crippen molar-refractivity contribution in [3.63, 3.8) is 0 Å². The Balaban J connectivity index is 2.10. The summed E-state index contributed by atoms with van der Waals surface area (Å²) in [5.74, 6) is 0.873. The van der Waals surface area contributed by atoms with Gasteiger partial charge in [-0.25, -0.2) is 4.79 Å². The highest BCUT2D eigenvalue weighted by Crippen LogP contribution is 2.30. The van der Waals surface area contributed by atoms with Crippen LogP contribution < -0.4 is 30.2 Å². The van der Waals surface area contributed by atoms with Crippen LogP contribution in [-0.2, 0) is 20.9 Å². The summed E-state index contributed by atoms with van der Waals surface area (Å²) in [5, 5.41) is 7.95. The molecule has 3 amide bonds. The molecule has 3 N–H and O–H groups in total. The summed E-state index contributed by atoms with van der Waals surface area (Å²) in [6.07, 6.45) is -0.760. The summed E-state index contributed by atoms with van der Waals surface area (Å²) in [6.45, 7) is 5.08. The topological polar surface area (TPSA) is 124 Å². The zero-order chi connectivity index (χ0) is 27.8. The van der Waals surface area contributed by atoms with Crippen LogP contribution in [0.25, 0.3) is 0 Å². The first kappa shape index (κ1) is 30.7. The molecule has 0 aliphatic rings. The fraction of sp³-hybridized carbons (Fsp3) is 0.400. The number of carbonyl (C=O) groups is 3. The smallest absolute Gasteiger partial charge is 0.408 e. The van der Waals surface area contributed by atoms with Crippen LogP contribution >= 0.6 is 45.2 Å². The first-order valence-electron chi connectivity index (χ1n) is 11.2. The lowest BCUT2D eigenvalue weighted by Gasteiger charge is -2.24. The van der Waals surface area contributed by atoms with E-state index in [2.05, 4.69) is 61.1 Å². The van der Waals surface area contributed by atoms with Crippen molar-refractivity contribution in [1.82, 2.24) is 16.0 Å². The minimum absolute atomic E-state index is 0.205. The average Bonchev–Trinajstić information content (AvgIpc) is 2.84. The molecule has 0 spiro atoms. The molecule has 0 unspecified atom stereocenters. The molecule has 0 radical (unpaired) electrons. The lowest BCUT2D eigenvalue weighted by Crippen LogP contribution is -2.45. The van der Waals surface area contributed by atoms with Crippen LogP contribution in [0.15, 0.2) is 30.3 Å². The molecular weight excluding hydrogens is 708 g/mol. The third-order valence-corrected chi connectivity index (χ3v) is 6.94. The Morgan fingerprint density at radius 3 is 2.16 bits per heavy atom. The minimum atomic E-state index is -1.09. The van der Waals surface area contributed by atoms with Crippen molar-refractivity contribution in [1.29, 1.82) is 0 Å². The molecule has 1 atom stereocenters. The van der Waals surface area contributed by atoms with E-state index in [1.54, 1.807) is 72.4 Å². The van der Waals surface area contributed by atoms with Gasteiger partial charge in [0.15, 0.2) is 0 Å². The van der Waals surface area contributed by atoms with Crippen LogP contribution in [0.1, 0.15) is 37.9 Å². The molecule has 0 aromatic heterocycles. The summed E-state index contributed by atoms with van der Waals surface area (Å²) in [4.78, 5) is 38.1. The van der Waals surface area contributed by atoms with E-state index >= 15 is 0 Å². The number of hydrogen-bond donors (Lipinski definition) is 3. The summed E-state index contributed by atoms with van der Waals surface area (Å²) in [7, 11) is 4.65. The van der Waals surface area contributed by atoms with E-state index < -0.39 is 29.6 Å². The van der Waals surface area contributed by atoms with Gasteiger partial charge in [-0.1, -0.05) is 6.07 Å². The van der Waals surface area contributed by atoms with E-state index in [9.17, 15) is 14.4 Å². The molecule has 0 heterocycles. The second kappa shape index (κ2) is 13.9. The third-order valence-electron chi connectivity index (χ3n) is 4.88. The summed E-state index contributed by atoms with van der Waals surface area (Å²) >= 11 is 4.21. The highest BCUT2D eigenvalue weighted by Gasteiger charge is 2.27. The summed E-state index contributed by atoms with van der Waals surface area (Å²) < 4.78 is 22.8. The number of alkyl carbamates (subject to hydrolysis) is 1. The normalized spacial score (nSPS) is 11.7. The van der Waals surface area contributed by atoms with Crippen LogP contribution in [-0.4, -0.2) is 51.4 Å². The van der Waals surface area contributed by atoms with Crippen LogP contribution in [0.2, 0.25) is 0 Å². The van der Waals surface area contributed by atoms with Crippen LogP contribution in [0.4, 0.5) is 4.79 Å². The first-order valence-corrected chi connectivity index (χ1v) is 13.3. The fourth-order valence-corrected chi connectivity index (χ4v) is 4.62. The number of ether oxygens (including phenoxy) is 4. The Hall–Kier alpha value is -2.49. The number of halogens is 2. The van der Waals surface area contributed by atoms with Gasteiger partial charge in [-0.15, -0.1) is 0 Å². The molecule has 37 heavy (non-hydrogen) atoms. The maximum Gasteiger partial charge on any atom is 0.408 e. The van der Waals surface area contributed by atoms with Crippen molar-refractivity contribution in [2.75, 3.05) is 27.9 Å². The molecule has 0 bridgehead atoms. The zero-order valence-corrected chi connectivity index (χ0v) is 25.8. The van der Waals surface area contributed by atoms with E-state index in [1.165, 1.54) is 0 Å². The monoisotopic (exact) mass is 739 g/mol. The van der Waals surface area contributed by atoms with Gasteiger partial charge in [-0.3, -0.25) is 9.59 Å². The number of rotatable bonds is 10. The molecule has 2 rings (SSSR count). The minimum Gasteiger partial charge on any atom is -0.497 e. The van der Waals surface area contributed by atoms with Crippen molar-refractivity contribution >= 4 is 63.1 Å². The average molecular weight is 739 g/mol. The first-order chi connectivity index (χ1) is 17.4. The Morgan fingerprint density at radius 2 is 1.59 bits per heavy atom. The van der Waals surface area contributed by atoms with Gasteiger partial charge >= 0.3 is 6.09 Å². The summed E-state index contributed by atoms with van der Waals surface area (Å²) in [6, 6.07) is 7.55. The van der Waals surface area contributed by atoms with Crippen molar-refractivity contribution in [3.05, 3.63) is 48.6 Å². The Bertz CT molecular complexity index is 1140. The molecule has 2 aromatic rings. The molecular formula is C25H31I2N3O7. The number of nitrogens with one attached hydrogen (secondary N) is 3. The second-order valence-corrected chi connectivity index (χ2v) is 11.0. The van der Waals surface area contributed by atoms with Crippen LogP contribution in [0.5, 0.6) is 17.2 Å². The van der Waals surface area contributed by atoms with E-state index in [-0.39, 0.29) is 13.1 Å². The van der Waals surface area contributed by atoms with Crippen molar-refractivity contribution in [2.45, 2.75) is 39.0 Å². The lowest BCUT2D eigenvalue weighted by molar-refractivity contribution is -0.127. The van der Waals surface area contributed by atoms with Gasteiger partial charge in [-0.05, 0) is 95.3 Å². The van der Waals surface area contributed by atoms with Crippen LogP contribution in [0.3, 0.4) is 0 Å². The number of hydrogen-bond acceptors (Lipinski definition) is 7. The Morgan fingerprint density at radius 1 is 0.919 bits per heavy atom. The molecule has 0 fully saturated rings. The Labute approximate surface area is 243 Å². The highest BCUT2D eigenvalue weighted by molar-refractivity contribution is 14.1. The van der Waals surface area contributed by atoms with Gasteiger partial charge in [0, 0.05) is 12.6 Å².